The molecule has 1 heterocycles. The highest BCUT2D eigenvalue weighted by Crippen LogP contribution is 2.39. The van der Waals surface area contributed by atoms with E-state index in [0.717, 1.165) is 18.4 Å². The molecule has 0 N–H and O–H groups in total. The molecule has 4 nitrogen and oxygen atoms in total. The Kier molecular flexibility index (Phi) is 3.83. The number of carbonyl (C=O) groups is 1. The normalized spacial score (nSPS) is 15.8. The molecule has 1 atom stereocenters. The van der Waals surface area contributed by atoms with E-state index in [4.69, 9.17) is 21.6 Å². The second kappa shape index (κ2) is 5.36. The van der Waals surface area contributed by atoms with Crippen LogP contribution in [0.2, 0.25) is 5.15 Å². The molecule has 1 aromatic rings. The van der Waals surface area contributed by atoms with Gasteiger partial charge in [0.2, 0.25) is 0 Å². The number of hydrogen-bond donors (Lipinski definition) is 0. The summed E-state index contributed by atoms with van der Waals surface area (Å²) >= 11 is 5.74. The Labute approximate surface area is 111 Å². The molecule has 1 aliphatic rings. The summed E-state index contributed by atoms with van der Waals surface area (Å²) in [5.41, 5.74) is 1.04. The van der Waals surface area contributed by atoms with Gasteiger partial charge in [-0.25, -0.2) is 4.98 Å². The highest BCUT2D eigenvalue weighted by molar-refractivity contribution is 6.29. The SMILES string of the molecule is COC(=O)C(Cc1ccc(Cl)nc1C#N)C1CC1. The Morgan fingerprint density at radius 3 is 2.94 bits per heavy atom. The number of esters is 1. The van der Waals surface area contributed by atoms with Crippen molar-refractivity contribution in [2.75, 3.05) is 7.11 Å². The number of pyridine rings is 1. The van der Waals surface area contributed by atoms with Crippen molar-refractivity contribution < 1.29 is 9.53 Å². The van der Waals surface area contributed by atoms with E-state index >= 15 is 0 Å². The summed E-state index contributed by atoms with van der Waals surface area (Å²) in [5.74, 6) is -0.0129. The first-order chi connectivity index (χ1) is 8.65. The highest BCUT2D eigenvalue weighted by atomic mass is 35.5. The fourth-order valence-electron chi connectivity index (χ4n) is 2.06. The number of nitrogens with zero attached hydrogens (tertiary/aromatic N) is 2. The van der Waals surface area contributed by atoms with E-state index in [2.05, 4.69) is 4.98 Å². The van der Waals surface area contributed by atoms with Gasteiger partial charge in [-0.3, -0.25) is 4.79 Å². The lowest BCUT2D eigenvalue weighted by Crippen LogP contribution is -2.21. The van der Waals surface area contributed by atoms with Crippen molar-refractivity contribution in [2.45, 2.75) is 19.3 Å². The van der Waals surface area contributed by atoms with Crippen LogP contribution >= 0.6 is 11.6 Å². The van der Waals surface area contributed by atoms with Gasteiger partial charge in [-0.05, 0) is 36.8 Å². The summed E-state index contributed by atoms with van der Waals surface area (Å²) < 4.78 is 4.81. The smallest absolute Gasteiger partial charge is 0.309 e. The summed E-state index contributed by atoms with van der Waals surface area (Å²) in [5, 5.41) is 9.31. The number of rotatable bonds is 4. The van der Waals surface area contributed by atoms with Crippen LogP contribution in [0.15, 0.2) is 12.1 Å². The number of ether oxygens (including phenoxy) is 1. The molecule has 0 spiro atoms. The van der Waals surface area contributed by atoms with Crippen LogP contribution in [0.25, 0.3) is 0 Å². The molecule has 0 aromatic carbocycles. The van der Waals surface area contributed by atoms with Crippen molar-refractivity contribution in [3.8, 4) is 6.07 Å². The van der Waals surface area contributed by atoms with Crippen molar-refractivity contribution >= 4 is 17.6 Å². The molecule has 1 aromatic heterocycles. The number of hydrogen-bond acceptors (Lipinski definition) is 4. The molecule has 0 amide bonds. The number of carbonyl (C=O) groups excluding carboxylic acids is 1. The predicted molar refractivity (Wildman–Crippen MR) is 65.9 cm³/mol. The standard InChI is InChI=1S/C13H13ClN2O2/c1-18-13(17)10(8-2-3-8)6-9-4-5-12(14)16-11(9)7-15/h4-5,8,10H,2-3,6H2,1H3. The van der Waals surface area contributed by atoms with Gasteiger partial charge in [0.25, 0.3) is 0 Å². The van der Waals surface area contributed by atoms with Crippen molar-refractivity contribution in [3.63, 3.8) is 0 Å². The Balaban J connectivity index is 2.21. The van der Waals surface area contributed by atoms with Crippen molar-refractivity contribution in [1.29, 1.82) is 5.26 Å². The molecule has 1 aliphatic carbocycles. The van der Waals surface area contributed by atoms with Gasteiger partial charge in [-0.1, -0.05) is 17.7 Å². The largest absolute Gasteiger partial charge is 0.469 e. The molecule has 0 saturated heterocycles. The number of aromatic nitrogens is 1. The van der Waals surface area contributed by atoms with Gasteiger partial charge in [-0.2, -0.15) is 5.26 Å². The fraction of sp³-hybridized carbons (Fsp3) is 0.462. The van der Waals surface area contributed by atoms with Crippen LogP contribution in [0.1, 0.15) is 24.1 Å². The molecule has 5 heteroatoms. The first kappa shape index (κ1) is 12.8. The maximum absolute atomic E-state index is 11.7. The second-order valence-corrected chi connectivity index (χ2v) is 4.81. The minimum absolute atomic E-state index is 0.176. The first-order valence-electron chi connectivity index (χ1n) is 5.79. The molecule has 1 unspecified atom stereocenters. The van der Waals surface area contributed by atoms with Gasteiger partial charge in [0.15, 0.2) is 0 Å². The minimum Gasteiger partial charge on any atom is -0.469 e. The Hall–Kier alpha value is -1.60. The fourth-order valence-corrected chi connectivity index (χ4v) is 2.20. The maximum Gasteiger partial charge on any atom is 0.309 e. The molecule has 18 heavy (non-hydrogen) atoms. The van der Waals surface area contributed by atoms with E-state index in [1.165, 1.54) is 7.11 Å². The van der Waals surface area contributed by atoms with Crippen LogP contribution in [0.5, 0.6) is 0 Å². The van der Waals surface area contributed by atoms with Gasteiger partial charge in [-0.15, -0.1) is 0 Å². The zero-order valence-electron chi connectivity index (χ0n) is 10.0. The van der Waals surface area contributed by atoms with Crippen LogP contribution in [0.4, 0.5) is 0 Å². The molecule has 1 fully saturated rings. The minimum atomic E-state index is -0.212. The van der Waals surface area contributed by atoms with Crippen LogP contribution in [0, 0.1) is 23.2 Å². The van der Waals surface area contributed by atoms with Crippen LogP contribution in [0.3, 0.4) is 0 Å². The zero-order chi connectivity index (χ0) is 13.1. The third-order valence-corrected chi connectivity index (χ3v) is 3.40. The Morgan fingerprint density at radius 1 is 1.67 bits per heavy atom. The summed E-state index contributed by atoms with van der Waals surface area (Å²) in [6.45, 7) is 0. The average molecular weight is 265 g/mol. The monoisotopic (exact) mass is 264 g/mol. The lowest BCUT2D eigenvalue weighted by atomic mass is 9.94. The third-order valence-electron chi connectivity index (χ3n) is 3.19. The number of halogens is 1. The van der Waals surface area contributed by atoms with Crippen LogP contribution < -0.4 is 0 Å². The molecule has 0 radical (unpaired) electrons. The van der Waals surface area contributed by atoms with Gasteiger partial charge in [0.1, 0.15) is 16.9 Å². The van der Waals surface area contributed by atoms with Crippen molar-refractivity contribution in [1.82, 2.24) is 4.98 Å². The van der Waals surface area contributed by atoms with E-state index in [1.54, 1.807) is 12.1 Å². The summed E-state index contributed by atoms with van der Waals surface area (Å²) in [6.07, 6.45) is 2.58. The quantitative estimate of drug-likeness (QED) is 0.619. The predicted octanol–water partition coefficient (Wildman–Crippen LogP) is 2.35. The topological polar surface area (TPSA) is 63.0 Å². The second-order valence-electron chi connectivity index (χ2n) is 4.42. The average Bonchev–Trinajstić information content (AvgIpc) is 3.20. The Morgan fingerprint density at radius 2 is 2.39 bits per heavy atom. The molecule has 0 bridgehead atoms. The molecule has 0 aliphatic heterocycles. The lowest BCUT2D eigenvalue weighted by molar-refractivity contribution is -0.146. The lowest BCUT2D eigenvalue weighted by Gasteiger charge is -2.14. The van der Waals surface area contributed by atoms with Gasteiger partial charge in [0.05, 0.1) is 13.0 Å². The molecular weight excluding hydrogens is 252 g/mol. The van der Waals surface area contributed by atoms with Crippen molar-refractivity contribution in [2.24, 2.45) is 11.8 Å². The number of methoxy groups -OCH3 is 1. The number of nitriles is 1. The van der Waals surface area contributed by atoms with E-state index in [1.807, 2.05) is 6.07 Å². The highest BCUT2D eigenvalue weighted by Gasteiger charge is 2.37. The zero-order valence-corrected chi connectivity index (χ0v) is 10.8. The summed E-state index contributed by atoms with van der Waals surface area (Å²) in [7, 11) is 1.39. The molecule has 2 rings (SSSR count). The summed E-state index contributed by atoms with van der Waals surface area (Å²) in [4.78, 5) is 15.7. The first-order valence-corrected chi connectivity index (χ1v) is 6.17. The molecule has 94 valence electrons. The van der Waals surface area contributed by atoms with Gasteiger partial charge >= 0.3 is 5.97 Å². The van der Waals surface area contributed by atoms with Gasteiger partial charge in [0, 0.05) is 0 Å². The summed E-state index contributed by atoms with van der Waals surface area (Å²) in [6, 6.07) is 5.40. The van der Waals surface area contributed by atoms with Gasteiger partial charge < -0.3 is 4.74 Å². The van der Waals surface area contributed by atoms with E-state index in [0.29, 0.717) is 12.3 Å². The molecule has 1 saturated carbocycles. The van der Waals surface area contributed by atoms with E-state index < -0.39 is 0 Å². The molecular formula is C13H13ClN2O2. The van der Waals surface area contributed by atoms with Crippen LogP contribution in [-0.4, -0.2) is 18.1 Å². The third kappa shape index (κ3) is 2.80. The maximum atomic E-state index is 11.7. The van der Waals surface area contributed by atoms with E-state index in [-0.39, 0.29) is 22.7 Å². The van der Waals surface area contributed by atoms with Crippen LogP contribution in [-0.2, 0) is 16.0 Å². The van der Waals surface area contributed by atoms with Crippen molar-refractivity contribution in [3.05, 3.63) is 28.5 Å². The Bertz CT molecular complexity index is 506. The van der Waals surface area contributed by atoms with E-state index in [9.17, 15) is 4.79 Å².